The minimum absolute atomic E-state index is 1.23. The van der Waals surface area contributed by atoms with Crippen molar-refractivity contribution in [3.8, 4) is 44.5 Å². The molecule has 0 bridgehead atoms. The Labute approximate surface area is 268 Å². The molecule has 0 aromatic heterocycles. The standard InChI is InChI=1S/C46H30/c1-3-15-31(16-4-1)33-27-28-34-30-44(37-21-9-8-20-36(37)43(34)29-33)46-41-25-13-11-23-39(41)45(40-24-12-14-26-42(40)46)38-22-10-7-19-35(38)32-17-5-2-6-18-32/h1-30H. The highest BCUT2D eigenvalue weighted by Gasteiger charge is 2.20. The first-order chi connectivity index (χ1) is 22.8. The third kappa shape index (κ3) is 4.23. The zero-order valence-corrected chi connectivity index (χ0v) is 25.3. The van der Waals surface area contributed by atoms with Crippen LogP contribution in [0.5, 0.6) is 0 Å². The molecule has 0 heterocycles. The van der Waals surface area contributed by atoms with Crippen LogP contribution in [-0.2, 0) is 0 Å². The largest absolute Gasteiger partial charge is 0.0622 e. The van der Waals surface area contributed by atoms with Gasteiger partial charge in [-0.25, -0.2) is 0 Å². The van der Waals surface area contributed by atoms with E-state index in [0.717, 1.165) is 0 Å². The van der Waals surface area contributed by atoms with Crippen molar-refractivity contribution in [3.63, 3.8) is 0 Å². The normalized spacial score (nSPS) is 11.5. The summed E-state index contributed by atoms with van der Waals surface area (Å²) in [5.41, 5.74) is 10.0. The van der Waals surface area contributed by atoms with Gasteiger partial charge < -0.3 is 0 Å². The summed E-state index contributed by atoms with van der Waals surface area (Å²) in [6.07, 6.45) is 0. The molecule has 0 aliphatic heterocycles. The molecule has 0 atom stereocenters. The third-order valence-corrected chi connectivity index (χ3v) is 9.45. The van der Waals surface area contributed by atoms with Gasteiger partial charge in [-0.3, -0.25) is 0 Å². The molecule has 0 N–H and O–H groups in total. The van der Waals surface area contributed by atoms with E-state index in [4.69, 9.17) is 0 Å². The van der Waals surface area contributed by atoms with E-state index >= 15 is 0 Å². The van der Waals surface area contributed by atoms with Crippen molar-refractivity contribution in [2.45, 2.75) is 0 Å². The first kappa shape index (κ1) is 26.4. The quantitative estimate of drug-likeness (QED) is 0.143. The highest BCUT2D eigenvalue weighted by molar-refractivity contribution is 6.26. The van der Waals surface area contributed by atoms with Gasteiger partial charge in [0.05, 0.1) is 0 Å². The lowest BCUT2D eigenvalue weighted by molar-refractivity contribution is 1.61. The summed E-state index contributed by atoms with van der Waals surface area (Å²) in [6, 6.07) is 66.5. The van der Waals surface area contributed by atoms with Gasteiger partial charge in [0.25, 0.3) is 0 Å². The van der Waals surface area contributed by atoms with Crippen LogP contribution in [-0.4, -0.2) is 0 Å². The fourth-order valence-corrected chi connectivity index (χ4v) is 7.40. The summed E-state index contributed by atoms with van der Waals surface area (Å²) in [5.74, 6) is 0. The van der Waals surface area contributed by atoms with Crippen LogP contribution < -0.4 is 0 Å². The monoisotopic (exact) mass is 582 g/mol. The minimum atomic E-state index is 1.23. The number of rotatable bonds is 4. The van der Waals surface area contributed by atoms with E-state index in [0.29, 0.717) is 0 Å². The summed E-state index contributed by atoms with van der Waals surface area (Å²) in [4.78, 5) is 0. The number of fused-ring (bicyclic) bond motifs is 5. The molecule has 0 saturated carbocycles. The van der Waals surface area contributed by atoms with Gasteiger partial charge >= 0.3 is 0 Å². The van der Waals surface area contributed by atoms with Crippen LogP contribution in [0.4, 0.5) is 0 Å². The van der Waals surface area contributed by atoms with Crippen LogP contribution in [0.1, 0.15) is 0 Å². The van der Waals surface area contributed by atoms with Gasteiger partial charge in [0.2, 0.25) is 0 Å². The molecule has 0 aliphatic carbocycles. The Balaban J connectivity index is 1.38. The predicted octanol–water partition coefficient (Wildman–Crippen LogP) is 13.0. The molecule has 0 unspecified atom stereocenters. The van der Waals surface area contributed by atoms with Crippen molar-refractivity contribution in [2.24, 2.45) is 0 Å². The molecule has 0 spiro atoms. The molecule has 0 radical (unpaired) electrons. The molecule has 0 fully saturated rings. The summed E-state index contributed by atoms with van der Waals surface area (Å²) in [5, 5.41) is 10.1. The van der Waals surface area contributed by atoms with Crippen LogP contribution in [0.15, 0.2) is 182 Å². The lowest BCUT2D eigenvalue weighted by Gasteiger charge is -2.21. The Hall–Kier alpha value is -5.98. The molecule has 46 heavy (non-hydrogen) atoms. The molecule has 0 nitrogen and oxygen atoms in total. The second-order valence-electron chi connectivity index (χ2n) is 12.0. The van der Waals surface area contributed by atoms with Crippen LogP contribution >= 0.6 is 0 Å². The van der Waals surface area contributed by atoms with Gasteiger partial charge in [-0.05, 0) is 99.7 Å². The molecular weight excluding hydrogens is 553 g/mol. The van der Waals surface area contributed by atoms with Crippen molar-refractivity contribution in [3.05, 3.63) is 182 Å². The van der Waals surface area contributed by atoms with Crippen LogP contribution in [0.25, 0.3) is 87.6 Å². The summed E-state index contributed by atoms with van der Waals surface area (Å²) in [6.45, 7) is 0. The Kier molecular flexibility index (Phi) is 6.25. The van der Waals surface area contributed by atoms with Crippen molar-refractivity contribution in [2.75, 3.05) is 0 Å². The molecule has 9 rings (SSSR count). The third-order valence-electron chi connectivity index (χ3n) is 9.45. The van der Waals surface area contributed by atoms with Crippen molar-refractivity contribution in [1.29, 1.82) is 0 Å². The van der Waals surface area contributed by atoms with Crippen LogP contribution in [0.2, 0.25) is 0 Å². The first-order valence-electron chi connectivity index (χ1n) is 15.9. The summed E-state index contributed by atoms with van der Waals surface area (Å²) >= 11 is 0. The Morgan fingerprint density at radius 3 is 1.28 bits per heavy atom. The maximum absolute atomic E-state index is 2.41. The first-order valence-corrected chi connectivity index (χ1v) is 15.9. The number of hydrogen-bond acceptors (Lipinski definition) is 0. The van der Waals surface area contributed by atoms with Crippen molar-refractivity contribution in [1.82, 2.24) is 0 Å². The fraction of sp³-hybridized carbons (Fsp3) is 0. The van der Waals surface area contributed by atoms with Crippen molar-refractivity contribution < 1.29 is 0 Å². The smallest absolute Gasteiger partial charge is 0.00199 e. The van der Waals surface area contributed by atoms with Gasteiger partial charge in [-0.2, -0.15) is 0 Å². The van der Waals surface area contributed by atoms with Gasteiger partial charge in [-0.1, -0.05) is 170 Å². The topological polar surface area (TPSA) is 0 Å². The Morgan fingerprint density at radius 1 is 0.217 bits per heavy atom. The lowest BCUT2D eigenvalue weighted by atomic mass is 9.82. The van der Waals surface area contributed by atoms with E-state index in [9.17, 15) is 0 Å². The average Bonchev–Trinajstić information content (AvgIpc) is 3.14. The maximum atomic E-state index is 2.41. The van der Waals surface area contributed by atoms with Gasteiger partial charge in [0, 0.05) is 0 Å². The maximum Gasteiger partial charge on any atom is -0.00199 e. The number of hydrogen-bond donors (Lipinski definition) is 0. The van der Waals surface area contributed by atoms with E-state index in [-0.39, 0.29) is 0 Å². The van der Waals surface area contributed by atoms with Crippen molar-refractivity contribution >= 4 is 43.1 Å². The predicted molar refractivity (Wildman–Crippen MR) is 198 cm³/mol. The minimum Gasteiger partial charge on any atom is -0.0622 e. The molecule has 9 aromatic carbocycles. The van der Waals surface area contributed by atoms with Crippen LogP contribution in [0, 0.1) is 0 Å². The van der Waals surface area contributed by atoms with Crippen LogP contribution in [0.3, 0.4) is 0 Å². The molecule has 0 heteroatoms. The Bertz CT molecular complexity index is 2500. The average molecular weight is 583 g/mol. The molecule has 214 valence electrons. The second-order valence-corrected chi connectivity index (χ2v) is 12.0. The van der Waals surface area contributed by atoms with E-state index in [1.807, 2.05) is 0 Å². The summed E-state index contributed by atoms with van der Waals surface area (Å²) in [7, 11) is 0. The van der Waals surface area contributed by atoms with E-state index in [2.05, 4.69) is 182 Å². The lowest BCUT2D eigenvalue weighted by Crippen LogP contribution is -1.93. The molecule has 9 aromatic rings. The molecular formula is C46H30. The van der Waals surface area contributed by atoms with E-state index in [1.54, 1.807) is 0 Å². The van der Waals surface area contributed by atoms with E-state index < -0.39 is 0 Å². The summed E-state index contributed by atoms with van der Waals surface area (Å²) < 4.78 is 0. The number of benzene rings is 9. The second kappa shape index (κ2) is 10.9. The van der Waals surface area contributed by atoms with Gasteiger partial charge in [-0.15, -0.1) is 0 Å². The van der Waals surface area contributed by atoms with Gasteiger partial charge in [0.15, 0.2) is 0 Å². The molecule has 0 saturated heterocycles. The molecule has 0 amide bonds. The zero-order valence-electron chi connectivity index (χ0n) is 25.3. The highest BCUT2D eigenvalue weighted by atomic mass is 14.2. The molecule has 0 aliphatic rings. The van der Waals surface area contributed by atoms with E-state index in [1.165, 1.54) is 87.6 Å². The van der Waals surface area contributed by atoms with Gasteiger partial charge in [0.1, 0.15) is 0 Å². The Morgan fingerprint density at radius 2 is 0.674 bits per heavy atom. The SMILES string of the molecule is c1ccc(-c2ccc3cc(-c4c5ccccc5c(-c5ccccc5-c5ccccc5)c5ccccc45)c4ccccc4c3c2)cc1. The zero-order chi connectivity index (χ0) is 30.5. The highest BCUT2D eigenvalue weighted by Crippen LogP contribution is 2.48. The fourth-order valence-electron chi connectivity index (χ4n) is 7.40.